The molecule has 1 aromatic heterocycles. The second-order valence-electron chi connectivity index (χ2n) is 7.13. The molecule has 0 bridgehead atoms. The molecule has 1 unspecified atom stereocenters. The lowest BCUT2D eigenvalue weighted by molar-refractivity contribution is 0.679. The van der Waals surface area contributed by atoms with Gasteiger partial charge in [0.1, 0.15) is 0 Å². The van der Waals surface area contributed by atoms with Gasteiger partial charge >= 0.3 is 0 Å². The quantitative estimate of drug-likeness (QED) is 0.577. The summed E-state index contributed by atoms with van der Waals surface area (Å²) in [5.74, 6) is 0. The fraction of sp³-hybridized carbons (Fsp3) is 0.208. The van der Waals surface area contributed by atoms with E-state index in [-0.39, 0.29) is 5.41 Å². The van der Waals surface area contributed by atoms with Crippen LogP contribution in [0.4, 0.5) is 0 Å². The van der Waals surface area contributed by atoms with Crippen LogP contribution >= 0.6 is 0 Å². The minimum Gasteiger partial charge on any atom is -0.258 e. The topological polar surface area (TPSA) is 12.9 Å². The van der Waals surface area contributed by atoms with Crippen molar-refractivity contribution in [1.29, 1.82) is 0 Å². The van der Waals surface area contributed by atoms with Gasteiger partial charge in [0, 0.05) is 16.8 Å². The number of nitrogens with zero attached hydrogens (tertiary/aromatic N) is 1. The lowest BCUT2D eigenvalue weighted by Gasteiger charge is -2.30. The van der Waals surface area contributed by atoms with Crippen molar-refractivity contribution in [1.82, 2.24) is 4.98 Å². The molecule has 0 radical (unpaired) electrons. The van der Waals surface area contributed by atoms with E-state index >= 15 is 0 Å². The number of allylic oxidation sites excluding steroid dienone is 1. The van der Waals surface area contributed by atoms with Crippen LogP contribution < -0.4 is 0 Å². The van der Waals surface area contributed by atoms with Gasteiger partial charge in [-0.2, -0.15) is 0 Å². The first-order valence-electron chi connectivity index (χ1n) is 8.85. The molecular weight excluding hydrogens is 302 g/mol. The molecule has 0 fully saturated rings. The number of fused-ring (bicyclic) bond motifs is 1. The molecule has 0 amide bonds. The molecule has 0 saturated heterocycles. The molecule has 1 aliphatic carbocycles. The van der Waals surface area contributed by atoms with Crippen LogP contribution in [0.1, 0.15) is 47.5 Å². The first kappa shape index (κ1) is 15.8. The third kappa shape index (κ3) is 2.26. The Hall–Kier alpha value is -2.67. The predicted molar refractivity (Wildman–Crippen MR) is 105 cm³/mol. The van der Waals surface area contributed by atoms with Crippen LogP contribution in [0.2, 0.25) is 0 Å². The van der Waals surface area contributed by atoms with Crippen molar-refractivity contribution >= 4 is 5.57 Å². The lowest BCUT2D eigenvalue weighted by Crippen LogP contribution is -2.24. The van der Waals surface area contributed by atoms with Gasteiger partial charge in [0.15, 0.2) is 0 Å². The SMILES string of the molecule is CC1=C(c2ccccc2)c2cc(C)nc(C)c2C1(C)c1ccccc1. The van der Waals surface area contributed by atoms with Gasteiger partial charge in [-0.05, 0) is 61.6 Å². The molecule has 1 heterocycles. The summed E-state index contributed by atoms with van der Waals surface area (Å²) in [5.41, 5.74) is 10.1. The molecule has 4 rings (SSSR count). The zero-order chi connectivity index (χ0) is 17.6. The van der Waals surface area contributed by atoms with Gasteiger partial charge in [0.2, 0.25) is 0 Å². The smallest absolute Gasteiger partial charge is 0.0426 e. The average molecular weight is 325 g/mol. The second-order valence-corrected chi connectivity index (χ2v) is 7.13. The van der Waals surface area contributed by atoms with Gasteiger partial charge in [-0.15, -0.1) is 0 Å². The minimum absolute atomic E-state index is 0.146. The third-order valence-electron chi connectivity index (χ3n) is 5.64. The van der Waals surface area contributed by atoms with Crippen LogP contribution in [0.15, 0.2) is 72.3 Å². The van der Waals surface area contributed by atoms with Crippen molar-refractivity contribution in [3.63, 3.8) is 0 Å². The van der Waals surface area contributed by atoms with E-state index in [1.807, 2.05) is 0 Å². The van der Waals surface area contributed by atoms with Gasteiger partial charge < -0.3 is 0 Å². The van der Waals surface area contributed by atoms with Gasteiger partial charge in [-0.3, -0.25) is 4.98 Å². The van der Waals surface area contributed by atoms with E-state index in [0.717, 1.165) is 11.4 Å². The molecule has 1 atom stereocenters. The number of aryl methyl sites for hydroxylation is 2. The van der Waals surface area contributed by atoms with Crippen molar-refractivity contribution < 1.29 is 0 Å². The maximum atomic E-state index is 4.80. The molecule has 25 heavy (non-hydrogen) atoms. The molecule has 1 nitrogen and oxygen atoms in total. The summed E-state index contributed by atoms with van der Waals surface area (Å²) in [5, 5.41) is 0. The Bertz CT molecular complexity index is 968. The molecule has 0 aliphatic heterocycles. The highest BCUT2D eigenvalue weighted by Gasteiger charge is 2.42. The van der Waals surface area contributed by atoms with E-state index in [2.05, 4.69) is 94.4 Å². The maximum absolute atomic E-state index is 4.80. The number of rotatable bonds is 2. The summed E-state index contributed by atoms with van der Waals surface area (Å²) in [6, 6.07) is 23.8. The first-order valence-corrected chi connectivity index (χ1v) is 8.85. The van der Waals surface area contributed by atoms with Crippen molar-refractivity contribution in [2.45, 2.75) is 33.1 Å². The van der Waals surface area contributed by atoms with E-state index < -0.39 is 0 Å². The highest BCUT2D eigenvalue weighted by Crippen LogP contribution is 2.52. The molecule has 1 heteroatoms. The monoisotopic (exact) mass is 325 g/mol. The third-order valence-corrected chi connectivity index (χ3v) is 5.64. The van der Waals surface area contributed by atoms with Gasteiger partial charge in [0.05, 0.1) is 0 Å². The molecule has 0 N–H and O–H groups in total. The number of benzene rings is 2. The second kappa shape index (κ2) is 5.70. The summed E-state index contributed by atoms with van der Waals surface area (Å²) in [7, 11) is 0. The molecule has 2 aromatic carbocycles. The Kier molecular flexibility index (Phi) is 3.61. The van der Waals surface area contributed by atoms with Crippen molar-refractivity contribution in [3.05, 3.63) is 106 Å². The van der Waals surface area contributed by atoms with Crippen molar-refractivity contribution in [2.24, 2.45) is 0 Å². The largest absolute Gasteiger partial charge is 0.258 e. The van der Waals surface area contributed by atoms with Crippen molar-refractivity contribution in [2.75, 3.05) is 0 Å². The fourth-order valence-corrected chi connectivity index (χ4v) is 4.41. The van der Waals surface area contributed by atoms with Crippen LogP contribution in [0.5, 0.6) is 0 Å². The van der Waals surface area contributed by atoms with E-state index in [4.69, 9.17) is 4.98 Å². The Morgan fingerprint density at radius 3 is 2.04 bits per heavy atom. The van der Waals surface area contributed by atoms with Crippen molar-refractivity contribution in [3.8, 4) is 0 Å². The van der Waals surface area contributed by atoms with E-state index in [1.165, 1.54) is 33.4 Å². The molecule has 3 aromatic rings. The summed E-state index contributed by atoms with van der Waals surface area (Å²) >= 11 is 0. The summed E-state index contributed by atoms with van der Waals surface area (Å²) in [6.45, 7) is 8.86. The number of hydrogen-bond donors (Lipinski definition) is 0. The normalized spacial score (nSPS) is 19.2. The fourth-order valence-electron chi connectivity index (χ4n) is 4.41. The number of pyridine rings is 1. The van der Waals surface area contributed by atoms with Gasteiger partial charge in [0.25, 0.3) is 0 Å². The Labute approximate surface area is 150 Å². The Balaban J connectivity index is 2.10. The summed E-state index contributed by atoms with van der Waals surface area (Å²) in [4.78, 5) is 4.80. The lowest BCUT2D eigenvalue weighted by atomic mass is 9.73. The molecule has 124 valence electrons. The summed E-state index contributed by atoms with van der Waals surface area (Å²) < 4.78 is 0. The highest BCUT2D eigenvalue weighted by atomic mass is 14.7. The van der Waals surface area contributed by atoms with E-state index in [9.17, 15) is 0 Å². The molecule has 0 saturated carbocycles. The molecular formula is C24H23N. The van der Waals surface area contributed by atoms with Crippen LogP contribution in [0.3, 0.4) is 0 Å². The zero-order valence-electron chi connectivity index (χ0n) is 15.3. The van der Waals surface area contributed by atoms with Crippen LogP contribution in [-0.4, -0.2) is 4.98 Å². The van der Waals surface area contributed by atoms with Crippen LogP contribution in [0.25, 0.3) is 5.57 Å². The highest BCUT2D eigenvalue weighted by molar-refractivity contribution is 5.91. The molecule has 1 aliphatic rings. The van der Waals surface area contributed by atoms with E-state index in [1.54, 1.807) is 0 Å². The average Bonchev–Trinajstić information content (AvgIpc) is 2.85. The standard InChI is InChI=1S/C24H23N/c1-16-15-21-22(19-11-7-5-8-12-19)17(2)24(4,23(21)18(3)25-16)20-13-9-6-10-14-20/h5-15H,1-4H3. The van der Waals surface area contributed by atoms with Gasteiger partial charge in [-0.1, -0.05) is 66.2 Å². The maximum Gasteiger partial charge on any atom is 0.0426 e. The number of aromatic nitrogens is 1. The Morgan fingerprint density at radius 2 is 1.40 bits per heavy atom. The zero-order valence-corrected chi connectivity index (χ0v) is 15.3. The van der Waals surface area contributed by atoms with E-state index in [0.29, 0.717) is 0 Å². The van der Waals surface area contributed by atoms with Crippen LogP contribution in [0, 0.1) is 13.8 Å². The number of hydrogen-bond acceptors (Lipinski definition) is 1. The molecule has 0 spiro atoms. The predicted octanol–water partition coefficient (Wildman–Crippen LogP) is 5.84. The minimum atomic E-state index is -0.146. The first-order chi connectivity index (χ1) is 12.0. The van der Waals surface area contributed by atoms with Crippen LogP contribution in [-0.2, 0) is 5.41 Å². The Morgan fingerprint density at radius 1 is 0.800 bits per heavy atom. The summed E-state index contributed by atoms with van der Waals surface area (Å²) in [6.07, 6.45) is 0. The van der Waals surface area contributed by atoms with Gasteiger partial charge in [-0.25, -0.2) is 0 Å².